The van der Waals surface area contributed by atoms with Crippen LogP contribution in [0.15, 0.2) is 5.16 Å². The van der Waals surface area contributed by atoms with E-state index < -0.39 is 0 Å². The molecule has 118 valence electrons. The van der Waals surface area contributed by atoms with E-state index in [9.17, 15) is 0 Å². The van der Waals surface area contributed by atoms with Gasteiger partial charge in [0, 0.05) is 24.3 Å². The average Bonchev–Trinajstić information content (AvgIpc) is 2.69. The first kappa shape index (κ1) is 15.3. The SMILES string of the molecule is CNC1CC(C)CC(C)C1Sc1nnc2n1CCCCC2. The van der Waals surface area contributed by atoms with Crippen LogP contribution in [0, 0.1) is 11.8 Å². The Hall–Kier alpha value is -0.550. The van der Waals surface area contributed by atoms with Crippen molar-refractivity contribution in [2.75, 3.05) is 7.05 Å². The monoisotopic (exact) mass is 308 g/mol. The van der Waals surface area contributed by atoms with Gasteiger partial charge in [0.1, 0.15) is 5.82 Å². The number of hydrogen-bond acceptors (Lipinski definition) is 4. The molecule has 1 fully saturated rings. The Labute approximate surface area is 132 Å². The van der Waals surface area contributed by atoms with Gasteiger partial charge in [0.2, 0.25) is 0 Å². The van der Waals surface area contributed by atoms with Crippen LogP contribution in [0.3, 0.4) is 0 Å². The summed E-state index contributed by atoms with van der Waals surface area (Å²) in [5.41, 5.74) is 0. The standard InChI is InChI=1S/C16H28N4S/c1-11-9-12(2)15(13(10-11)17-3)21-16-19-18-14-7-5-4-6-8-20(14)16/h11-13,15,17H,4-10H2,1-3H3. The molecule has 0 spiro atoms. The molecular formula is C16H28N4S. The number of nitrogens with zero attached hydrogens (tertiary/aromatic N) is 3. The van der Waals surface area contributed by atoms with Crippen LogP contribution in [0.1, 0.15) is 51.8 Å². The third-order valence-corrected chi connectivity index (χ3v) is 6.65. The van der Waals surface area contributed by atoms with Crippen LogP contribution in [0.4, 0.5) is 0 Å². The van der Waals surface area contributed by atoms with Crippen molar-refractivity contribution >= 4 is 11.8 Å². The van der Waals surface area contributed by atoms with E-state index in [1.165, 1.54) is 37.9 Å². The van der Waals surface area contributed by atoms with Gasteiger partial charge in [-0.2, -0.15) is 0 Å². The first-order valence-electron chi connectivity index (χ1n) is 8.45. The third-order valence-electron chi connectivity index (χ3n) is 5.08. The highest BCUT2D eigenvalue weighted by molar-refractivity contribution is 7.99. The van der Waals surface area contributed by atoms with Crippen LogP contribution in [0.25, 0.3) is 0 Å². The largest absolute Gasteiger partial charge is 0.316 e. The fourth-order valence-electron chi connectivity index (χ4n) is 3.98. The van der Waals surface area contributed by atoms with E-state index in [0.717, 1.165) is 30.0 Å². The molecule has 1 saturated carbocycles. The van der Waals surface area contributed by atoms with Gasteiger partial charge in [0.15, 0.2) is 5.16 Å². The van der Waals surface area contributed by atoms with Crippen LogP contribution in [-0.4, -0.2) is 33.1 Å². The highest BCUT2D eigenvalue weighted by atomic mass is 32.2. The zero-order valence-electron chi connectivity index (χ0n) is 13.5. The maximum absolute atomic E-state index is 4.50. The molecule has 1 N–H and O–H groups in total. The molecule has 21 heavy (non-hydrogen) atoms. The van der Waals surface area contributed by atoms with Gasteiger partial charge in [-0.05, 0) is 44.6 Å². The van der Waals surface area contributed by atoms with E-state index in [1.54, 1.807) is 0 Å². The molecule has 1 aliphatic heterocycles. The van der Waals surface area contributed by atoms with Gasteiger partial charge < -0.3 is 9.88 Å². The van der Waals surface area contributed by atoms with E-state index in [-0.39, 0.29) is 0 Å². The molecule has 0 saturated heterocycles. The zero-order chi connectivity index (χ0) is 14.8. The molecule has 3 rings (SSSR count). The minimum atomic E-state index is 0.590. The quantitative estimate of drug-likeness (QED) is 0.931. The maximum atomic E-state index is 4.50. The van der Waals surface area contributed by atoms with Gasteiger partial charge in [-0.1, -0.05) is 32.0 Å². The molecule has 0 radical (unpaired) electrons. The molecule has 0 amide bonds. The summed E-state index contributed by atoms with van der Waals surface area (Å²) in [6.07, 6.45) is 7.56. The molecule has 2 aliphatic rings. The predicted octanol–water partition coefficient (Wildman–Crippen LogP) is 3.12. The number of rotatable bonds is 3. The summed E-state index contributed by atoms with van der Waals surface area (Å²) in [5.74, 6) is 2.76. The second-order valence-corrected chi connectivity index (χ2v) is 8.04. The molecule has 1 aromatic rings. The van der Waals surface area contributed by atoms with E-state index in [2.05, 4.69) is 41.0 Å². The molecule has 0 bridgehead atoms. The fraction of sp³-hybridized carbons (Fsp3) is 0.875. The lowest BCUT2D eigenvalue weighted by Crippen LogP contribution is -2.45. The van der Waals surface area contributed by atoms with Gasteiger partial charge in [-0.3, -0.25) is 0 Å². The van der Waals surface area contributed by atoms with Crippen LogP contribution in [-0.2, 0) is 13.0 Å². The molecule has 4 atom stereocenters. The second-order valence-electron chi connectivity index (χ2n) is 6.89. The van der Waals surface area contributed by atoms with Crippen LogP contribution < -0.4 is 5.32 Å². The lowest BCUT2D eigenvalue weighted by atomic mass is 9.80. The molecule has 1 aromatic heterocycles. The minimum Gasteiger partial charge on any atom is -0.316 e. The second kappa shape index (κ2) is 6.69. The number of nitrogens with one attached hydrogen (secondary N) is 1. The van der Waals surface area contributed by atoms with Gasteiger partial charge >= 0.3 is 0 Å². The van der Waals surface area contributed by atoms with E-state index in [4.69, 9.17) is 0 Å². The van der Waals surface area contributed by atoms with Crippen molar-refractivity contribution < 1.29 is 0 Å². The van der Waals surface area contributed by atoms with Gasteiger partial charge in [-0.25, -0.2) is 0 Å². The Morgan fingerprint density at radius 3 is 2.81 bits per heavy atom. The normalized spacial score (nSPS) is 33.5. The molecule has 0 aromatic carbocycles. The summed E-state index contributed by atoms with van der Waals surface area (Å²) in [7, 11) is 2.10. The molecule has 1 aliphatic carbocycles. The summed E-state index contributed by atoms with van der Waals surface area (Å²) < 4.78 is 2.38. The van der Waals surface area contributed by atoms with Gasteiger partial charge in [0.05, 0.1) is 0 Å². The number of fused-ring (bicyclic) bond motifs is 1. The smallest absolute Gasteiger partial charge is 0.191 e. The maximum Gasteiger partial charge on any atom is 0.191 e. The molecule has 2 heterocycles. The summed E-state index contributed by atoms with van der Waals surface area (Å²) in [6.45, 7) is 5.88. The first-order chi connectivity index (χ1) is 10.2. The summed E-state index contributed by atoms with van der Waals surface area (Å²) >= 11 is 1.96. The Morgan fingerprint density at radius 2 is 2.00 bits per heavy atom. The first-order valence-corrected chi connectivity index (χ1v) is 9.33. The van der Waals surface area contributed by atoms with Crippen molar-refractivity contribution in [1.82, 2.24) is 20.1 Å². The van der Waals surface area contributed by atoms with Gasteiger partial charge in [0.25, 0.3) is 0 Å². The van der Waals surface area contributed by atoms with E-state index in [1.807, 2.05) is 11.8 Å². The topological polar surface area (TPSA) is 42.7 Å². The Balaban J connectivity index is 1.77. The predicted molar refractivity (Wildman–Crippen MR) is 87.6 cm³/mol. The van der Waals surface area contributed by atoms with E-state index in [0.29, 0.717) is 11.3 Å². The van der Waals surface area contributed by atoms with Crippen molar-refractivity contribution in [3.63, 3.8) is 0 Å². The summed E-state index contributed by atoms with van der Waals surface area (Å²) in [6, 6.07) is 0.590. The highest BCUT2D eigenvalue weighted by Crippen LogP contribution is 2.39. The number of hydrogen-bond donors (Lipinski definition) is 1. The Morgan fingerprint density at radius 1 is 1.14 bits per heavy atom. The van der Waals surface area contributed by atoms with Crippen molar-refractivity contribution in [3.05, 3.63) is 5.82 Å². The molecular weight excluding hydrogens is 280 g/mol. The van der Waals surface area contributed by atoms with Crippen molar-refractivity contribution in [2.24, 2.45) is 11.8 Å². The lowest BCUT2D eigenvalue weighted by Gasteiger charge is -2.38. The summed E-state index contributed by atoms with van der Waals surface area (Å²) in [5, 5.41) is 14.3. The van der Waals surface area contributed by atoms with Crippen molar-refractivity contribution in [3.8, 4) is 0 Å². The molecule has 4 nitrogen and oxygen atoms in total. The van der Waals surface area contributed by atoms with Crippen molar-refractivity contribution in [1.29, 1.82) is 0 Å². The minimum absolute atomic E-state index is 0.590. The van der Waals surface area contributed by atoms with Crippen molar-refractivity contribution in [2.45, 2.75) is 75.4 Å². The average molecular weight is 308 g/mol. The number of thioether (sulfide) groups is 1. The molecule has 4 unspecified atom stereocenters. The molecule has 5 heteroatoms. The fourth-order valence-corrected chi connectivity index (χ4v) is 5.39. The number of aromatic nitrogens is 3. The van der Waals surface area contributed by atoms with Crippen LogP contribution >= 0.6 is 11.8 Å². The van der Waals surface area contributed by atoms with E-state index >= 15 is 0 Å². The Kier molecular flexibility index (Phi) is 4.89. The number of aryl methyl sites for hydroxylation is 1. The zero-order valence-corrected chi connectivity index (χ0v) is 14.3. The Bertz CT molecular complexity index is 473. The third kappa shape index (κ3) is 3.29. The van der Waals surface area contributed by atoms with Crippen LogP contribution in [0.2, 0.25) is 0 Å². The highest BCUT2D eigenvalue weighted by Gasteiger charge is 2.35. The lowest BCUT2D eigenvalue weighted by molar-refractivity contribution is 0.256. The summed E-state index contributed by atoms with van der Waals surface area (Å²) in [4.78, 5) is 0. The van der Waals surface area contributed by atoms with Crippen LogP contribution in [0.5, 0.6) is 0 Å². The van der Waals surface area contributed by atoms with Gasteiger partial charge in [-0.15, -0.1) is 10.2 Å².